The van der Waals surface area contributed by atoms with Crippen molar-refractivity contribution in [3.63, 3.8) is 0 Å². The van der Waals surface area contributed by atoms with Crippen molar-refractivity contribution in [1.29, 1.82) is 0 Å². The number of hydrogen-bond donors (Lipinski definition) is 2. The van der Waals surface area contributed by atoms with E-state index in [0.717, 1.165) is 11.0 Å². The minimum absolute atomic E-state index is 0.293. The molecule has 4 rings (SSSR count). The molecule has 0 radical (unpaired) electrons. The van der Waals surface area contributed by atoms with Gasteiger partial charge in [0, 0.05) is 32.6 Å². The second-order valence-corrected chi connectivity index (χ2v) is 11.0. The van der Waals surface area contributed by atoms with E-state index in [4.69, 9.17) is 32.7 Å². The van der Waals surface area contributed by atoms with Crippen LogP contribution in [-0.2, 0) is 10.0 Å². The molecular weight excluding hydrogens is 519 g/mol. The van der Waals surface area contributed by atoms with Crippen LogP contribution in [0.25, 0.3) is 10.1 Å². The Morgan fingerprint density at radius 2 is 1.68 bits per heavy atom. The van der Waals surface area contributed by atoms with E-state index in [1.807, 2.05) is 0 Å². The quantitative estimate of drug-likeness (QED) is 0.276. The number of ether oxygens (including phenoxy) is 2. The first-order valence-electron chi connectivity index (χ1n) is 9.74. The number of benzene rings is 3. The van der Waals surface area contributed by atoms with E-state index in [1.165, 1.54) is 18.4 Å². The standard InChI is InChI=1S/C23H18Cl2N2O5S2/c1-31-20-12-21-13(7-19(20)27-34(2,29)30)8-22(33-21)23(28)26-16-9-15(25)10-18(11-16)32-17-5-3-14(24)4-6-17/h3-12,27H,1-2H3,(H,26,28). The number of rotatable bonds is 7. The molecule has 0 saturated heterocycles. The minimum Gasteiger partial charge on any atom is -0.495 e. The van der Waals surface area contributed by atoms with Gasteiger partial charge in [-0.15, -0.1) is 11.3 Å². The molecule has 0 aliphatic heterocycles. The Hall–Kier alpha value is -2.98. The number of sulfonamides is 1. The molecule has 0 saturated carbocycles. The first kappa shape index (κ1) is 24.2. The average molecular weight is 537 g/mol. The molecule has 1 heterocycles. The molecule has 7 nitrogen and oxygen atoms in total. The van der Waals surface area contributed by atoms with Crippen LogP contribution in [0, 0.1) is 0 Å². The van der Waals surface area contributed by atoms with Crippen molar-refractivity contribution in [3.8, 4) is 17.2 Å². The molecule has 11 heteroatoms. The van der Waals surface area contributed by atoms with Gasteiger partial charge in [0.15, 0.2) is 0 Å². The van der Waals surface area contributed by atoms with Gasteiger partial charge in [0.25, 0.3) is 5.91 Å². The van der Waals surface area contributed by atoms with Crippen LogP contribution in [0.15, 0.2) is 60.7 Å². The number of anilines is 2. The van der Waals surface area contributed by atoms with Crippen LogP contribution in [0.2, 0.25) is 10.0 Å². The summed E-state index contributed by atoms with van der Waals surface area (Å²) < 4.78 is 37.6. The molecule has 4 aromatic rings. The number of nitrogens with one attached hydrogen (secondary N) is 2. The van der Waals surface area contributed by atoms with Crippen molar-refractivity contribution in [2.45, 2.75) is 0 Å². The fraction of sp³-hybridized carbons (Fsp3) is 0.0870. The molecule has 0 aliphatic rings. The smallest absolute Gasteiger partial charge is 0.265 e. The molecule has 1 aromatic heterocycles. The highest BCUT2D eigenvalue weighted by atomic mass is 35.5. The summed E-state index contributed by atoms with van der Waals surface area (Å²) in [4.78, 5) is 13.4. The van der Waals surface area contributed by atoms with Gasteiger partial charge in [-0.3, -0.25) is 9.52 Å². The van der Waals surface area contributed by atoms with E-state index in [2.05, 4.69) is 10.0 Å². The summed E-state index contributed by atoms with van der Waals surface area (Å²) >= 11 is 13.4. The molecular formula is C23H18Cl2N2O5S2. The highest BCUT2D eigenvalue weighted by Crippen LogP contribution is 2.36. The van der Waals surface area contributed by atoms with E-state index in [0.29, 0.717) is 48.9 Å². The van der Waals surface area contributed by atoms with Crippen LogP contribution >= 0.6 is 34.5 Å². The fourth-order valence-electron chi connectivity index (χ4n) is 3.15. The Balaban J connectivity index is 1.58. The third-order valence-corrected chi connectivity index (χ3v) is 6.69. The summed E-state index contributed by atoms with van der Waals surface area (Å²) in [6.07, 6.45) is 1.05. The summed E-state index contributed by atoms with van der Waals surface area (Å²) in [6.45, 7) is 0. The van der Waals surface area contributed by atoms with Crippen LogP contribution in [0.5, 0.6) is 17.2 Å². The van der Waals surface area contributed by atoms with Gasteiger partial charge in [0.1, 0.15) is 17.2 Å². The topological polar surface area (TPSA) is 93.7 Å². The van der Waals surface area contributed by atoms with Crippen molar-refractivity contribution in [3.05, 3.63) is 75.6 Å². The Labute approximate surface area is 210 Å². The zero-order chi connectivity index (χ0) is 24.5. The summed E-state index contributed by atoms with van der Waals surface area (Å²) in [5.74, 6) is 1.02. The largest absolute Gasteiger partial charge is 0.495 e. The highest BCUT2D eigenvalue weighted by Gasteiger charge is 2.16. The summed E-state index contributed by atoms with van der Waals surface area (Å²) in [5.41, 5.74) is 0.747. The molecule has 0 bridgehead atoms. The number of hydrogen-bond acceptors (Lipinski definition) is 6. The third kappa shape index (κ3) is 5.92. The predicted octanol–water partition coefficient (Wildman–Crippen LogP) is 6.63. The molecule has 0 unspecified atom stereocenters. The van der Waals surface area contributed by atoms with E-state index >= 15 is 0 Å². The molecule has 0 aliphatic carbocycles. The van der Waals surface area contributed by atoms with Gasteiger partial charge in [-0.25, -0.2) is 8.42 Å². The number of carbonyl (C=O) groups is 1. The summed E-state index contributed by atoms with van der Waals surface area (Å²) in [7, 11) is -2.06. The van der Waals surface area contributed by atoms with Crippen LogP contribution in [0.4, 0.5) is 11.4 Å². The van der Waals surface area contributed by atoms with Gasteiger partial charge < -0.3 is 14.8 Å². The Kier molecular flexibility index (Phi) is 6.90. The van der Waals surface area contributed by atoms with Crippen LogP contribution in [-0.4, -0.2) is 27.7 Å². The van der Waals surface area contributed by atoms with E-state index < -0.39 is 10.0 Å². The van der Waals surface area contributed by atoms with E-state index in [9.17, 15) is 13.2 Å². The average Bonchev–Trinajstić information content (AvgIpc) is 3.16. The van der Waals surface area contributed by atoms with E-state index in [1.54, 1.807) is 60.7 Å². The monoisotopic (exact) mass is 536 g/mol. The van der Waals surface area contributed by atoms with Gasteiger partial charge in [0.05, 0.1) is 23.9 Å². The zero-order valence-electron chi connectivity index (χ0n) is 17.9. The van der Waals surface area contributed by atoms with Gasteiger partial charge >= 0.3 is 0 Å². The number of halogens is 2. The lowest BCUT2D eigenvalue weighted by atomic mass is 10.2. The molecule has 34 heavy (non-hydrogen) atoms. The van der Waals surface area contributed by atoms with Crippen molar-refractivity contribution in [1.82, 2.24) is 0 Å². The number of thiophene rings is 1. The predicted molar refractivity (Wildman–Crippen MR) is 138 cm³/mol. The van der Waals surface area contributed by atoms with Gasteiger partial charge in [-0.05, 0) is 53.9 Å². The van der Waals surface area contributed by atoms with Crippen molar-refractivity contribution in [2.24, 2.45) is 0 Å². The highest BCUT2D eigenvalue weighted by molar-refractivity contribution is 7.92. The number of fused-ring (bicyclic) bond motifs is 1. The molecule has 0 fully saturated rings. The first-order chi connectivity index (χ1) is 16.1. The van der Waals surface area contributed by atoms with Crippen LogP contribution < -0.4 is 19.5 Å². The fourth-order valence-corrected chi connectivity index (χ4v) is 5.03. The SMILES string of the molecule is COc1cc2sc(C(=O)Nc3cc(Cl)cc(Oc4ccc(Cl)cc4)c3)cc2cc1NS(C)(=O)=O. The molecule has 176 valence electrons. The second kappa shape index (κ2) is 9.71. The third-order valence-electron chi connectivity index (χ3n) is 4.54. The van der Waals surface area contributed by atoms with E-state index in [-0.39, 0.29) is 5.91 Å². The van der Waals surface area contributed by atoms with Gasteiger partial charge in [-0.2, -0.15) is 0 Å². The number of amides is 1. The summed E-state index contributed by atoms with van der Waals surface area (Å²) in [6, 6.07) is 16.7. The Morgan fingerprint density at radius 3 is 2.35 bits per heavy atom. The summed E-state index contributed by atoms with van der Waals surface area (Å²) in [5, 5.41) is 4.49. The number of methoxy groups -OCH3 is 1. The maximum atomic E-state index is 12.9. The normalized spacial score (nSPS) is 11.3. The lowest BCUT2D eigenvalue weighted by molar-refractivity contribution is 0.103. The van der Waals surface area contributed by atoms with Gasteiger partial charge in [-0.1, -0.05) is 23.2 Å². The van der Waals surface area contributed by atoms with Crippen LogP contribution in [0.1, 0.15) is 9.67 Å². The lowest BCUT2D eigenvalue weighted by Gasteiger charge is -2.10. The molecule has 3 aromatic carbocycles. The van der Waals surface area contributed by atoms with Crippen molar-refractivity contribution in [2.75, 3.05) is 23.4 Å². The van der Waals surface area contributed by atoms with Crippen LogP contribution in [0.3, 0.4) is 0 Å². The maximum Gasteiger partial charge on any atom is 0.265 e. The lowest BCUT2D eigenvalue weighted by Crippen LogP contribution is -2.10. The van der Waals surface area contributed by atoms with Crippen molar-refractivity contribution >= 4 is 71.9 Å². The molecule has 2 N–H and O–H groups in total. The number of carbonyl (C=O) groups excluding carboxylic acids is 1. The molecule has 0 atom stereocenters. The van der Waals surface area contributed by atoms with Crippen molar-refractivity contribution < 1.29 is 22.7 Å². The zero-order valence-corrected chi connectivity index (χ0v) is 21.0. The maximum absolute atomic E-state index is 12.9. The second-order valence-electron chi connectivity index (χ2n) is 7.26. The molecule has 1 amide bonds. The minimum atomic E-state index is -3.50. The first-order valence-corrected chi connectivity index (χ1v) is 13.2. The Bertz CT molecular complexity index is 1490. The van der Waals surface area contributed by atoms with Gasteiger partial charge in [0.2, 0.25) is 10.0 Å². The molecule has 0 spiro atoms. The Morgan fingerprint density at radius 1 is 0.941 bits per heavy atom.